The first kappa shape index (κ1) is 19.2. The fourth-order valence-corrected chi connectivity index (χ4v) is 4.02. The summed E-state index contributed by atoms with van der Waals surface area (Å²) in [5.41, 5.74) is 1.29. The average Bonchev–Trinajstić information content (AvgIpc) is 2.65. The van der Waals surface area contributed by atoms with Crippen molar-refractivity contribution in [1.29, 1.82) is 0 Å². The lowest BCUT2D eigenvalue weighted by atomic mass is 10.0. The van der Waals surface area contributed by atoms with Crippen molar-refractivity contribution >= 4 is 29.3 Å². The van der Waals surface area contributed by atoms with Crippen molar-refractivity contribution in [3.8, 4) is 0 Å². The second-order valence-corrected chi connectivity index (χ2v) is 8.12. The monoisotopic (exact) mass is 393 g/mol. The van der Waals surface area contributed by atoms with Crippen LogP contribution >= 0.6 is 23.4 Å². The molecule has 0 atom stereocenters. The predicted octanol–water partition coefficient (Wildman–Crippen LogP) is 2.93. The zero-order valence-corrected chi connectivity index (χ0v) is 16.1. The Labute approximate surface area is 162 Å². The predicted molar refractivity (Wildman–Crippen MR) is 104 cm³/mol. The highest BCUT2D eigenvalue weighted by Gasteiger charge is 2.23. The molecule has 3 nitrogen and oxygen atoms in total. The summed E-state index contributed by atoms with van der Waals surface area (Å²) in [5, 5.41) is 3.90. The van der Waals surface area contributed by atoms with Crippen LogP contribution in [0.5, 0.6) is 0 Å². The number of halogens is 2. The molecular weight excluding hydrogens is 371 g/mol. The number of piperidine rings is 1. The van der Waals surface area contributed by atoms with Gasteiger partial charge in [-0.15, -0.1) is 11.8 Å². The first-order valence-corrected chi connectivity index (χ1v) is 10.2. The van der Waals surface area contributed by atoms with E-state index in [4.69, 9.17) is 11.6 Å². The Hall–Kier alpha value is -1.56. The van der Waals surface area contributed by atoms with Crippen molar-refractivity contribution in [2.75, 3.05) is 18.8 Å². The number of quaternary nitrogens is 1. The van der Waals surface area contributed by atoms with Crippen LogP contribution in [0.15, 0.2) is 53.4 Å². The molecule has 1 aliphatic heterocycles. The lowest BCUT2D eigenvalue weighted by molar-refractivity contribution is -0.918. The fourth-order valence-electron chi connectivity index (χ4n) is 3.19. The molecule has 2 aromatic carbocycles. The van der Waals surface area contributed by atoms with Crippen molar-refractivity contribution in [1.82, 2.24) is 5.32 Å². The smallest absolute Gasteiger partial charge is 0.230 e. The van der Waals surface area contributed by atoms with Gasteiger partial charge in [-0.25, -0.2) is 4.39 Å². The van der Waals surface area contributed by atoms with Crippen LogP contribution in [-0.2, 0) is 11.3 Å². The number of likely N-dealkylation sites (tertiary alicyclic amines) is 1. The van der Waals surface area contributed by atoms with Gasteiger partial charge in [0, 0.05) is 34.4 Å². The largest absolute Gasteiger partial charge is 0.352 e. The Balaban J connectivity index is 1.37. The van der Waals surface area contributed by atoms with Crippen molar-refractivity contribution in [3.63, 3.8) is 0 Å². The Morgan fingerprint density at radius 3 is 2.42 bits per heavy atom. The minimum atomic E-state index is -0.258. The summed E-state index contributed by atoms with van der Waals surface area (Å²) < 4.78 is 12.9. The fraction of sp³-hybridized carbons (Fsp3) is 0.350. The number of amides is 1. The van der Waals surface area contributed by atoms with E-state index in [1.807, 2.05) is 12.1 Å². The quantitative estimate of drug-likeness (QED) is 0.740. The van der Waals surface area contributed by atoms with Crippen molar-refractivity contribution < 1.29 is 14.1 Å². The third-order valence-corrected chi connectivity index (χ3v) is 5.87. The highest BCUT2D eigenvalue weighted by Crippen LogP contribution is 2.17. The van der Waals surface area contributed by atoms with Gasteiger partial charge in [0.1, 0.15) is 12.4 Å². The topological polar surface area (TPSA) is 33.5 Å². The molecule has 0 unspecified atom stereocenters. The van der Waals surface area contributed by atoms with Gasteiger partial charge in [-0.2, -0.15) is 0 Å². The lowest BCUT2D eigenvalue weighted by Crippen LogP contribution is -3.12. The van der Waals surface area contributed by atoms with Gasteiger partial charge in [-0.1, -0.05) is 23.7 Å². The van der Waals surface area contributed by atoms with Crippen LogP contribution in [0.25, 0.3) is 0 Å². The second-order valence-electron chi connectivity index (χ2n) is 6.64. The second kappa shape index (κ2) is 9.40. The molecule has 6 heteroatoms. The number of thioether (sulfide) groups is 1. The molecule has 1 heterocycles. The molecule has 0 aromatic heterocycles. The molecule has 1 aliphatic rings. The van der Waals surface area contributed by atoms with E-state index in [1.54, 1.807) is 17.0 Å². The van der Waals surface area contributed by atoms with Crippen LogP contribution < -0.4 is 10.2 Å². The highest BCUT2D eigenvalue weighted by molar-refractivity contribution is 8.00. The van der Waals surface area contributed by atoms with E-state index in [1.165, 1.54) is 29.5 Å². The molecule has 0 bridgehead atoms. The Kier molecular flexibility index (Phi) is 6.94. The number of carbonyl (C=O) groups is 1. The van der Waals surface area contributed by atoms with Gasteiger partial charge in [-0.3, -0.25) is 4.79 Å². The lowest BCUT2D eigenvalue weighted by Gasteiger charge is -2.29. The summed E-state index contributed by atoms with van der Waals surface area (Å²) in [4.78, 5) is 14.6. The van der Waals surface area contributed by atoms with E-state index in [-0.39, 0.29) is 17.8 Å². The summed E-state index contributed by atoms with van der Waals surface area (Å²) in [6.45, 7) is 3.11. The van der Waals surface area contributed by atoms with Crippen molar-refractivity contribution in [2.45, 2.75) is 30.3 Å². The van der Waals surface area contributed by atoms with Crippen molar-refractivity contribution in [2.24, 2.45) is 0 Å². The molecule has 0 saturated carbocycles. The number of nitrogens with one attached hydrogen (secondary N) is 2. The summed E-state index contributed by atoms with van der Waals surface area (Å²) in [5.74, 6) is 0.154. The average molecular weight is 394 g/mol. The molecule has 0 radical (unpaired) electrons. The third-order valence-electron chi connectivity index (χ3n) is 4.61. The molecule has 2 N–H and O–H groups in total. The third kappa shape index (κ3) is 6.01. The summed E-state index contributed by atoms with van der Waals surface area (Å²) in [6.07, 6.45) is 1.99. The van der Waals surface area contributed by atoms with Gasteiger partial charge < -0.3 is 10.2 Å². The van der Waals surface area contributed by atoms with E-state index < -0.39 is 0 Å². The van der Waals surface area contributed by atoms with Gasteiger partial charge in [0.05, 0.1) is 18.8 Å². The van der Waals surface area contributed by atoms with Crippen LogP contribution in [0.4, 0.5) is 4.39 Å². The molecular formula is C20H23ClFN2OS+. The van der Waals surface area contributed by atoms with E-state index >= 15 is 0 Å². The van der Waals surface area contributed by atoms with Crippen LogP contribution in [0, 0.1) is 5.82 Å². The zero-order valence-electron chi connectivity index (χ0n) is 14.5. The zero-order chi connectivity index (χ0) is 18.4. The molecule has 1 fully saturated rings. The molecule has 26 heavy (non-hydrogen) atoms. The molecule has 1 amide bonds. The summed E-state index contributed by atoms with van der Waals surface area (Å²) in [7, 11) is 0. The van der Waals surface area contributed by atoms with E-state index in [2.05, 4.69) is 17.4 Å². The van der Waals surface area contributed by atoms with Crippen LogP contribution in [0.1, 0.15) is 18.4 Å². The number of benzene rings is 2. The Morgan fingerprint density at radius 1 is 1.12 bits per heavy atom. The van der Waals surface area contributed by atoms with E-state index in [9.17, 15) is 9.18 Å². The standard InChI is InChI=1S/C20H22ClFN2OS/c21-16-3-1-15(2-4-16)13-24-11-9-18(10-12-24)23-20(25)14-26-19-7-5-17(22)6-8-19/h1-8,18H,9-14H2,(H,23,25)/p+1. The number of carbonyl (C=O) groups excluding carboxylic acids is 1. The van der Waals surface area contributed by atoms with Crippen molar-refractivity contribution in [3.05, 3.63) is 64.9 Å². The van der Waals surface area contributed by atoms with Crippen LogP contribution in [0.3, 0.4) is 0 Å². The first-order chi connectivity index (χ1) is 12.6. The summed E-state index contributed by atoms with van der Waals surface area (Å²) >= 11 is 7.36. The van der Waals surface area contributed by atoms with E-state index in [0.29, 0.717) is 5.75 Å². The minimum Gasteiger partial charge on any atom is -0.352 e. The van der Waals surface area contributed by atoms with Gasteiger partial charge in [0.15, 0.2) is 0 Å². The van der Waals surface area contributed by atoms with E-state index in [0.717, 1.165) is 42.4 Å². The molecule has 1 saturated heterocycles. The molecule has 3 rings (SSSR count). The maximum absolute atomic E-state index is 12.9. The number of rotatable bonds is 6. The highest BCUT2D eigenvalue weighted by atomic mass is 35.5. The normalized spacial score (nSPS) is 19.9. The van der Waals surface area contributed by atoms with Gasteiger partial charge >= 0.3 is 0 Å². The Morgan fingerprint density at radius 2 is 1.77 bits per heavy atom. The first-order valence-electron chi connectivity index (χ1n) is 8.84. The summed E-state index contributed by atoms with van der Waals surface area (Å²) in [6, 6.07) is 14.5. The number of hydrogen-bond donors (Lipinski definition) is 2. The van der Waals surface area contributed by atoms with Crippen LogP contribution in [-0.4, -0.2) is 30.8 Å². The SMILES string of the molecule is O=C(CSc1ccc(F)cc1)NC1CC[NH+](Cc2ccc(Cl)cc2)CC1. The maximum atomic E-state index is 12.9. The molecule has 138 valence electrons. The number of hydrogen-bond acceptors (Lipinski definition) is 2. The molecule has 0 aliphatic carbocycles. The molecule has 0 spiro atoms. The maximum Gasteiger partial charge on any atom is 0.230 e. The molecule has 2 aromatic rings. The van der Waals surface area contributed by atoms with Gasteiger partial charge in [-0.05, 0) is 36.4 Å². The minimum absolute atomic E-state index is 0.0467. The van der Waals surface area contributed by atoms with Gasteiger partial charge in [0.25, 0.3) is 0 Å². The van der Waals surface area contributed by atoms with Gasteiger partial charge in [0.2, 0.25) is 5.91 Å². The van der Waals surface area contributed by atoms with Crippen LogP contribution in [0.2, 0.25) is 5.02 Å². The Bertz CT molecular complexity index is 716.